The van der Waals surface area contributed by atoms with E-state index < -0.39 is 0 Å². The van der Waals surface area contributed by atoms with Gasteiger partial charge in [-0.15, -0.1) is 0 Å². The lowest BCUT2D eigenvalue weighted by molar-refractivity contribution is -0.148. The fourth-order valence-electron chi connectivity index (χ4n) is 1.46. The standard InChI is InChI=1S/C15H20O4S/c1-12(11-20-9-8-14(16)18-2)15(17)19-10-13-6-4-3-5-7-13/h3-7,12H,8-11H2,1-2H3. The molecule has 1 atom stereocenters. The predicted octanol–water partition coefficient (Wildman–Crippen LogP) is 2.66. The Balaban J connectivity index is 2.17. The van der Waals surface area contributed by atoms with Crippen LogP contribution in [0.1, 0.15) is 18.9 Å². The van der Waals surface area contributed by atoms with Gasteiger partial charge in [-0.05, 0) is 5.56 Å². The summed E-state index contributed by atoms with van der Waals surface area (Å²) in [4.78, 5) is 22.7. The van der Waals surface area contributed by atoms with Gasteiger partial charge < -0.3 is 9.47 Å². The Kier molecular flexibility index (Phi) is 7.80. The number of thioether (sulfide) groups is 1. The summed E-state index contributed by atoms with van der Waals surface area (Å²) in [5.74, 6) is 0.686. The molecule has 110 valence electrons. The molecule has 0 radical (unpaired) electrons. The minimum Gasteiger partial charge on any atom is -0.469 e. The van der Waals surface area contributed by atoms with Crippen LogP contribution in [0.2, 0.25) is 0 Å². The number of carbonyl (C=O) groups is 2. The van der Waals surface area contributed by atoms with Gasteiger partial charge >= 0.3 is 11.9 Å². The van der Waals surface area contributed by atoms with Crippen LogP contribution in [0.25, 0.3) is 0 Å². The first-order valence-electron chi connectivity index (χ1n) is 6.48. The summed E-state index contributed by atoms with van der Waals surface area (Å²) in [7, 11) is 1.37. The summed E-state index contributed by atoms with van der Waals surface area (Å²) in [6.45, 7) is 2.13. The Hall–Kier alpha value is -1.49. The molecule has 5 heteroatoms. The number of hydrogen-bond acceptors (Lipinski definition) is 5. The molecule has 0 aliphatic carbocycles. The van der Waals surface area contributed by atoms with E-state index in [0.717, 1.165) is 5.56 Å². The number of ether oxygens (including phenoxy) is 2. The van der Waals surface area contributed by atoms with Crippen molar-refractivity contribution >= 4 is 23.7 Å². The lowest BCUT2D eigenvalue weighted by atomic mass is 10.2. The molecule has 0 aliphatic rings. The molecule has 0 aromatic heterocycles. The summed E-state index contributed by atoms with van der Waals surface area (Å²) in [6, 6.07) is 9.59. The molecule has 0 bridgehead atoms. The van der Waals surface area contributed by atoms with Crippen molar-refractivity contribution in [2.24, 2.45) is 5.92 Å². The third-order valence-corrected chi connectivity index (χ3v) is 3.90. The van der Waals surface area contributed by atoms with E-state index >= 15 is 0 Å². The highest BCUT2D eigenvalue weighted by atomic mass is 32.2. The van der Waals surface area contributed by atoms with E-state index in [2.05, 4.69) is 4.74 Å². The topological polar surface area (TPSA) is 52.6 Å². The van der Waals surface area contributed by atoms with E-state index in [9.17, 15) is 9.59 Å². The lowest BCUT2D eigenvalue weighted by Gasteiger charge is -2.11. The molecular formula is C15H20O4S. The van der Waals surface area contributed by atoms with Crippen molar-refractivity contribution in [3.8, 4) is 0 Å². The molecule has 1 unspecified atom stereocenters. The van der Waals surface area contributed by atoms with E-state index in [1.807, 2.05) is 37.3 Å². The number of esters is 2. The molecule has 20 heavy (non-hydrogen) atoms. The SMILES string of the molecule is COC(=O)CCSCC(C)C(=O)OCc1ccccc1. The minimum atomic E-state index is -0.225. The van der Waals surface area contributed by atoms with E-state index in [1.54, 1.807) is 11.8 Å². The van der Waals surface area contributed by atoms with Crippen LogP contribution >= 0.6 is 11.8 Å². The predicted molar refractivity (Wildman–Crippen MR) is 79.4 cm³/mol. The molecule has 1 rings (SSSR count). The van der Waals surface area contributed by atoms with Crippen molar-refractivity contribution in [1.29, 1.82) is 0 Å². The Bertz CT molecular complexity index is 419. The van der Waals surface area contributed by atoms with Crippen molar-refractivity contribution in [2.75, 3.05) is 18.6 Å². The second kappa shape index (κ2) is 9.42. The lowest BCUT2D eigenvalue weighted by Crippen LogP contribution is -2.17. The second-order valence-corrected chi connectivity index (χ2v) is 5.55. The van der Waals surface area contributed by atoms with Gasteiger partial charge in [-0.1, -0.05) is 37.3 Å². The maximum absolute atomic E-state index is 11.8. The number of methoxy groups -OCH3 is 1. The van der Waals surface area contributed by atoms with E-state index in [4.69, 9.17) is 4.74 Å². The van der Waals surface area contributed by atoms with Crippen molar-refractivity contribution in [1.82, 2.24) is 0 Å². The van der Waals surface area contributed by atoms with Gasteiger partial charge in [0.2, 0.25) is 0 Å². The van der Waals surface area contributed by atoms with Gasteiger partial charge in [0.05, 0.1) is 19.4 Å². The van der Waals surface area contributed by atoms with Crippen molar-refractivity contribution in [3.05, 3.63) is 35.9 Å². The third kappa shape index (κ3) is 6.61. The van der Waals surface area contributed by atoms with Gasteiger partial charge in [0, 0.05) is 11.5 Å². The Morgan fingerprint density at radius 2 is 1.95 bits per heavy atom. The first-order valence-corrected chi connectivity index (χ1v) is 7.64. The zero-order valence-corrected chi connectivity index (χ0v) is 12.7. The molecule has 1 aromatic carbocycles. The quantitative estimate of drug-likeness (QED) is 0.545. The monoisotopic (exact) mass is 296 g/mol. The van der Waals surface area contributed by atoms with Crippen LogP contribution in [0.15, 0.2) is 30.3 Å². The zero-order chi connectivity index (χ0) is 14.8. The van der Waals surface area contributed by atoms with Crippen molar-refractivity contribution < 1.29 is 19.1 Å². The maximum Gasteiger partial charge on any atom is 0.309 e. The molecule has 0 fully saturated rings. The Morgan fingerprint density at radius 3 is 2.60 bits per heavy atom. The molecule has 0 saturated carbocycles. The van der Waals surface area contributed by atoms with E-state index in [0.29, 0.717) is 24.5 Å². The molecular weight excluding hydrogens is 276 g/mol. The van der Waals surface area contributed by atoms with Gasteiger partial charge in [0.15, 0.2) is 0 Å². The van der Waals surface area contributed by atoms with Gasteiger partial charge in [-0.3, -0.25) is 9.59 Å². The van der Waals surface area contributed by atoms with Gasteiger partial charge in [-0.25, -0.2) is 0 Å². The van der Waals surface area contributed by atoms with Gasteiger partial charge in [-0.2, -0.15) is 11.8 Å². The second-order valence-electron chi connectivity index (χ2n) is 4.40. The van der Waals surface area contributed by atoms with E-state index in [1.165, 1.54) is 7.11 Å². The van der Waals surface area contributed by atoms with Crippen LogP contribution in [-0.4, -0.2) is 30.6 Å². The van der Waals surface area contributed by atoms with Crippen molar-refractivity contribution in [2.45, 2.75) is 20.0 Å². The first-order chi connectivity index (χ1) is 9.63. The molecule has 0 saturated heterocycles. The Morgan fingerprint density at radius 1 is 1.25 bits per heavy atom. The van der Waals surface area contributed by atoms with Crippen LogP contribution in [0.4, 0.5) is 0 Å². The number of carbonyl (C=O) groups excluding carboxylic acids is 2. The molecule has 0 amide bonds. The summed E-state index contributed by atoms with van der Waals surface area (Å²) in [5, 5.41) is 0. The van der Waals surface area contributed by atoms with E-state index in [-0.39, 0.29) is 17.9 Å². The Labute approximate surface area is 123 Å². The number of benzene rings is 1. The summed E-state index contributed by atoms with van der Waals surface area (Å²) < 4.78 is 9.79. The van der Waals surface area contributed by atoms with Gasteiger partial charge in [0.1, 0.15) is 6.61 Å². The molecule has 1 aromatic rings. The molecule has 0 N–H and O–H groups in total. The largest absolute Gasteiger partial charge is 0.469 e. The van der Waals surface area contributed by atoms with Crippen LogP contribution < -0.4 is 0 Å². The minimum absolute atomic E-state index is 0.179. The number of rotatable bonds is 8. The molecule has 0 spiro atoms. The number of hydrogen-bond donors (Lipinski definition) is 0. The fourth-order valence-corrected chi connectivity index (χ4v) is 2.42. The first kappa shape index (κ1) is 16.6. The highest BCUT2D eigenvalue weighted by Gasteiger charge is 2.14. The maximum atomic E-state index is 11.8. The van der Waals surface area contributed by atoms with Crippen molar-refractivity contribution in [3.63, 3.8) is 0 Å². The average molecular weight is 296 g/mol. The highest BCUT2D eigenvalue weighted by molar-refractivity contribution is 7.99. The highest BCUT2D eigenvalue weighted by Crippen LogP contribution is 2.12. The normalized spacial score (nSPS) is 11.7. The fraction of sp³-hybridized carbons (Fsp3) is 0.467. The van der Waals surface area contributed by atoms with Crippen LogP contribution in [0, 0.1) is 5.92 Å². The average Bonchev–Trinajstić information content (AvgIpc) is 2.49. The molecule has 4 nitrogen and oxygen atoms in total. The summed E-state index contributed by atoms with van der Waals surface area (Å²) in [5.41, 5.74) is 0.978. The van der Waals surface area contributed by atoms with Crippen LogP contribution in [-0.2, 0) is 25.7 Å². The molecule has 0 heterocycles. The summed E-state index contributed by atoms with van der Waals surface area (Å²) in [6.07, 6.45) is 0.368. The van der Waals surface area contributed by atoms with Gasteiger partial charge in [0.25, 0.3) is 0 Å². The van der Waals surface area contributed by atoms with Crippen LogP contribution in [0.3, 0.4) is 0 Å². The summed E-state index contributed by atoms with van der Waals surface area (Å²) >= 11 is 1.55. The zero-order valence-electron chi connectivity index (χ0n) is 11.8. The third-order valence-electron chi connectivity index (χ3n) is 2.67. The smallest absolute Gasteiger partial charge is 0.309 e. The molecule has 0 aliphatic heterocycles. The van der Waals surface area contributed by atoms with Crippen LogP contribution in [0.5, 0.6) is 0 Å².